The number of amides is 1. The number of aromatic nitrogens is 1. The van der Waals surface area contributed by atoms with Crippen molar-refractivity contribution in [1.82, 2.24) is 14.8 Å². The molecule has 5 heteroatoms. The summed E-state index contributed by atoms with van der Waals surface area (Å²) in [6, 6.07) is 4.03. The predicted octanol–water partition coefficient (Wildman–Crippen LogP) is 2.13. The number of nitrogens with zero attached hydrogens (tertiary/aromatic N) is 3. The van der Waals surface area contributed by atoms with Gasteiger partial charge >= 0.3 is 6.09 Å². The predicted molar refractivity (Wildman–Crippen MR) is 77.3 cm³/mol. The molecule has 0 spiro atoms. The zero-order valence-electron chi connectivity index (χ0n) is 12.5. The zero-order chi connectivity index (χ0) is 14.6. The fourth-order valence-electron chi connectivity index (χ4n) is 2.16. The largest absolute Gasteiger partial charge is 0.444 e. The summed E-state index contributed by atoms with van der Waals surface area (Å²) in [5, 5.41) is 0. The van der Waals surface area contributed by atoms with Crippen LogP contribution < -0.4 is 0 Å². The second kappa shape index (κ2) is 6.22. The summed E-state index contributed by atoms with van der Waals surface area (Å²) in [4.78, 5) is 20.2. The lowest BCUT2D eigenvalue weighted by molar-refractivity contribution is 0.0139. The van der Waals surface area contributed by atoms with Gasteiger partial charge in [0.15, 0.2) is 0 Å². The molecule has 1 aliphatic heterocycles. The first-order chi connectivity index (χ1) is 9.44. The van der Waals surface area contributed by atoms with Gasteiger partial charge in [-0.2, -0.15) is 0 Å². The van der Waals surface area contributed by atoms with Crippen molar-refractivity contribution in [2.75, 3.05) is 26.2 Å². The van der Waals surface area contributed by atoms with E-state index in [0.29, 0.717) is 0 Å². The number of ether oxygens (including phenoxy) is 1. The molecule has 1 saturated heterocycles. The average Bonchev–Trinajstić information content (AvgIpc) is 2.39. The number of rotatable bonds is 2. The van der Waals surface area contributed by atoms with Crippen molar-refractivity contribution in [2.24, 2.45) is 0 Å². The van der Waals surface area contributed by atoms with Crippen molar-refractivity contribution in [3.05, 3.63) is 30.1 Å². The summed E-state index contributed by atoms with van der Waals surface area (Å²) in [7, 11) is 0. The van der Waals surface area contributed by atoms with Crippen LogP contribution in [0.15, 0.2) is 24.5 Å². The Morgan fingerprint density at radius 1 is 1.30 bits per heavy atom. The fourth-order valence-corrected chi connectivity index (χ4v) is 2.16. The molecule has 0 aromatic carbocycles. The molecular formula is C15H23N3O2. The molecule has 5 nitrogen and oxygen atoms in total. The SMILES string of the molecule is CC(C)(C)OC(=O)N1CCN(Cc2cccnc2)CC1. The maximum atomic E-state index is 12.0. The van der Waals surface area contributed by atoms with Crippen LogP contribution >= 0.6 is 0 Å². The smallest absolute Gasteiger partial charge is 0.410 e. The molecule has 0 atom stereocenters. The molecule has 1 amide bonds. The summed E-state index contributed by atoms with van der Waals surface area (Å²) in [6.45, 7) is 9.74. The lowest BCUT2D eigenvalue weighted by Gasteiger charge is -2.35. The van der Waals surface area contributed by atoms with Crippen LogP contribution in [0.5, 0.6) is 0 Å². The van der Waals surface area contributed by atoms with Crippen LogP contribution in [0.1, 0.15) is 26.3 Å². The standard InChI is InChI=1S/C15H23N3O2/c1-15(2,3)20-14(19)18-9-7-17(8-10-18)12-13-5-4-6-16-11-13/h4-6,11H,7-10,12H2,1-3H3. The molecule has 0 saturated carbocycles. The Labute approximate surface area is 120 Å². The monoisotopic (exact) mass is 277 g/mol. The maximum Gasteiger partial charge on any atom is 0.410 e. The van der Waals surface area contributed by atoms with E-state index in [0.717, 1.165) is 32.7 Å². The van der Waals surface area contributed by atoms with E-state index in [4.69, 9.17) is 4.74 Å². The molecule has 0 bridgehead atoms. The number of carbonyl (C=O) groups is 1. The van der Waals surface area contributed by atoms with Gasteiger partial charge in [-0.15, -0.1) is 0 Å². The fraction of sp³-hybridized carbons (Fsp3) is 0.600. The molecular weight excluding hydrogens is 254 g/mol. The van der Waals surface area contributed by atoms with E-state index in [9.17, 15) is 4.79 Å². The topological polar surface area (TPSA) is 45.7 Å². The van der Waals surface area contributed by atoms with E-state index in [-0.39, 0.29) is 6.09 Å². The Bertz CT molecular complexity index is 434. The quantitative estimate of drug-likeness (QED) is 0.831. The van der Waals surface area contributed by atoms with Crippen molar-refractivity contribution in [3.63, 3.8) is 0 Å². The highest BCUT2D eigenvalue weighted by molar-refractivity contribution is 5.68. The van der Waals surface area contributed by atoms with Crippen LogP contribution in [0.4, 0.5) is 4.79 Å². The molecule has 2 rings (SSSR count). The molecule has 2 heterocycles. The molecule has 0 unspecified atom stereocenters. The molecule has 1 fully saturated rings. The number of hydrogen-bond acceptors (Lipinski definition) is 4. The summed E-state index contributed by atoms with van der Waals surface area (Å²) < 4.78 is 5.39. The van der Waals surface area contributed by atoms with Gasteiger partial charge in [-0.1, -0.05) is 6.07 Å². The van der Waals surface area contributed by atoms with E-state index in [2.05, 4.69) is 16.0 Å². The van der Waals surface area contributed by atoms with E-state index < -0.39 is 5.60 Å². The number of hydrogen-bond donors (Lipinski definition) is 0. The summed E-state index contributed by atoms with van der Waals surface area (Å²) in [6.07, 6.45) is 3.46. The third-order valence-electron chi connectivity index (χ3n) is 3.15. The lowest BCUT2D eigenvalue weighted by atomic mass is 10.2. The van der Waals surface area contributed by atoms with Gasteiger partial charge in [0.2, 0.25) is 0 Å². The third kappa shape index (κ3) is 4.49. The highest BCUT2D eigenvalue weighted by atomic mass is 16.6. The molecule has 20 heavy (non-hydrogen) atoms. The van der Waals surface area contributed by atoms with Crippen LogP contribution in [-0.2, 0) is 11.3 Å². The Morgan fingerprint density at radius 2 is 2.00 bits per heavy atom. The van der Waals surface area contributed by atoms with Gasteiger partial charge in [-0.05, 0) is 32.4 Å². The summed E-state index contributed by atoms with van der Waals surface area (Å²) >= 11 is 0. The minimum absolute atomic E-state index is 0.210. The van der Waals surface area contributed by atoms with Crippen LogP contribution in [-0.4, -0.2) is 52.7 Å². The van der Waals surface area contributed by atoms with Crippen molar-refractivity contribution in [3.8, 4) is 0 Å². The Morgan fingerprint density at radius 3 is 2.55 bits per heavy atom. The van der Waals surface area contributed by atoms with Gasteiger partial charge < -0.3 is 9.64 Å². The van der Waals surface area contributed by atoms with Gasteiger partial charge in [0, 0.05) is 45.1 Å². The van der Waals surface area contributed by atoms with Crippen LogP contribution in [0, 0.1) is 0 Å². The van der Waals surface area contributed by atoms with E-state index in [1.165, 1.54) is 5.56 Å². The highest BCUT2D eigenvalue weighted by Gasteiger charge is 2.25. The first-order valence-electron chi connectivity index (χ1n) is 7.03. The molecule has 0 N–H and O–H groups in total. The lowest BCUT2D eigenvalue weighted by Crippen LogP contribution is -2.49. The first kappa shape index (κ1) is 14.8. The van der Waals surface area contributed by atoms with Crippen LogP contribution in [0.3, 0.4) is 0 Å². The molecule has 110 valence electrons. The van der Waals surface area contributed by atoms with Crippen LogP contribution in [0.2, 0.25) is 0 Å². The zero-order valence-corrected chi connectivity index (χ0v) is 12.5. The van der Waals surface area contributed by atoms with Gasteiger partial charge in [0.05, 0.1) is 0 Å². The van der Waals surface area contributed by atoms with Gasteiger partial charge in [0.1, 0.15) is 5.60 Å². The van der Waals surface area contributed by atoms with Gasteiger partial charge in [-0.25, -0.2) is 4.79 Å². The molecule has 1 aromatic rings. The number of piperazine rings is 1. The molecule has 1 aliphatic rings. The van der Waals surface area contributed by atoms with Gasteiger partial charge in [-0.3, -0.25) is 9.88 Å². The number of carbonyl (C=O) groups excluding carboxylic acids is 1. The minimum Gasteiger partial charge on any atom is -0.444 e. The second-order valence-corrected chi connectivity index (χ2v) is 6.10. The number of pyridine rings is 1. The maximum absolute atomic E-state index is 12.0. The average molecular weight is 277 g/mol. The summed E-state index contributed by atoms with van der Waals surface area (Å²) in [5.41, 5.74) is 0.780. The van der Waals surface area contributed by atoms with E-state index in [1.54, 1.807) is 11.1 Å². The second-order valence-electron chi connectivity index (χ2n) is 6.10. The van der Waals surface area contributed by atoms with Gasteiger partial charge in [0.25, 0.3) is 0 Å². The third-order valence-corrected chi connectivity index (χ3v) is 3.15. The molecule has 0 aliphatic carbocycles. The Hall–Kier alpha value is -1.62. The van der Waals surface area contributed by atoms with Crippen LogP contribution in [0.25, 0.3) is 0 Å². The minimum atomic E-state index is -0.427. The van der Waals surface area contributed by atoms with E-state index in [1.807, 2.05) is 33.0 Å². The Balaban J connectivity index is 1.79. The van der Waals surface area contributed by atoms with Crippen molar-refractivity contribution >= 4 is 6.09 Å². The first-order valence-corrected chi connectivity index (χ1v) is 7.03. The van der Waals surface area contributed by atoms with Crippen molar-refractivity contribution in [1.29, 1.82) is 0 Å². The Kier molecular flexibility index (Phi) is 4.60. The molecule has 1 aromatic heterocycles. The highest BCUT2D eigenvalue weighted by Crippen LogP contribution is 2.13. The van der Waals surface area contributed by atoms with E-state index >= 15 is 0 Å². The normalized spacial score (nSPS) is 17.1. The summed E-state index contributed by atoms with van der Waals surface area (Å²) in [5.74, 6) is 0. The van der Waals surface area contributed by atoms with Crippen molar-refractivity contribution < 1.29 is 9.53 Å². The molecule has 0 radical (unpaired) electrons. The van der Waals surface area contributed by atoms with Crippen molar-refractivity contribution in [2.45, 2.75) is 32.9 Å².